The highest BCUT2D eigenvalue weighted by Crippen LogP contribution is 2.34. The van der Waals surface area contributed by atoms with E-state index in [-0.39, 0.29) is 6.61 Å². The number of piperidine rings is 1. The second-order valence-electron chi connectivity index (χ2n) is 7.08. The number of hydrogen-bond donors (Lipinski definition) is 2. The van der Waals surface area contributed by atoms with Crippen molar-refractivity contribution in [2.45, 2.75) is 30.4 Å². The first-order valence-electron chi connectivity index (χ1n) is 9.20. The van der Waals surface area contributed by atoms with E-state index >= 15 is 0 Å². The second kappa shape index (κ2) is 8.67. The van der Waals surface area contributed by atoms with Gasteiger partial charge in [-0.05, 0) is 74.3 Å². The van der Waals surface area contributed by atoms with E-state index in [1.807, 2.05) is 0 Å². The van der Waals surface area contributed by atoms with E-state index in [0.29, 0.717) is 27.8 Å². The molecule has 0 radical (unpaired) electrons. The summed E-state index contributed by atoms with van der Waals surface area (Å²) >= 11 is 1.24. The third-order valence-corrected chi connectivity index (χ3v) is 8.42. The molecule has 1 fully saturated rings. The Morgan fingerprint density at radius 2 is 2.26 bits per heavy atom. The molecule has 0 aliphatic carbocycles. The van der Waals surface area contributed by atoms with Crippen molar-refractivity contribution in [3.8, 4) is 6.07 Å². The Balaban J connectivity index is 1.61. The van der Waals surface area contributed by atoms with Crippen molar-refractivity contribution >= 4 is 31.4 Å². The summed E-state index contributed by atoms with van der Waals surface area (Å²) in [5, 5.41) is 19.2. The zero-order chi connectivity index (χ0) is 19.4. The van der Waals surface area contributed by atoms with E-state index in [2.05, 4.69) is 15.7 Å². The summed E-state index contributed by atoms with van der Waals surface area (Å²) in [6.07, 6.45) is 2.89. The van der Waals surface area contributed by atoms with Crippen LogP contribution in [-0.2, 0) is 10.0 Å². The Morgan fingerprint density at radius 1 is 1.44 bits per heavy atom. The van der Waals surface area contributed by atoms with Gasteiger partial charge in [-0.3, -0.25) is 0 Å². The van der Waals surface area contributed by atoms with E-state index in [1.54, 1.807) is 25.1 Å². The molecule has 2 aromatic rings. The molecule has 0 amide bonds. The lowest BCUT2D eigenvalue weighted by molar-refractivity contribution is 0.120. The van der Waals surface area contributed by atoms with Gasteiger partial charge in [-0.15, -0.1) is 11.3 Å². The molecule has 3 rings (SSSR count). The van der Waals surface area contributed by atoms with Crippen LogP contribution < -0.4 is 4.72 Å². The van der Waals surface area contributed by atoms with E-state index in [9.17, 15) is 13.5 Å². The van der Waals surface area contributed by atoms with Gasteiger partial charge in [-0.1, -0.05) is 0 Å². The fraction of sp³-hybridized carbons (Fsp3) is 0.526. The maximum Gasteiger partial charge on any atom is 0.250 e. The van der Waals surface area contributed by atoms with Gasteiger partial charge in [0.05, 0.1) is 11.6 Å². The highest BCUT2D eigenvalue weighted by atomic mass is 32.2. The molecule has 0 spiro atoms. The molecule has 0 bridgehead atoms. The zero-order valence-corrected chi connectivity index (χ0v) is 17.1. The molecule has 8 heteroatoms. The average Bonchev–Trinajstić information content (AvgIpc) is 3.02. The minimum absolute atomic E-state index is 0.224. The van der Waals surface area contributed by atoms with Crippen molar-refractivity contribution in [2.75, 3.05) is 32.8 Å². The summed E-state index contributed by atoms with van der Waals surface area (Å²) < 4.78 is 29.3. The van der Waals surface area contributed by atoms with E-state index in [0.717, 1.165) is 49.0 Å². The molecule has 2 N–H and O–H groups in total. The fourth-order valence-corrected chi connectivity index (χ4v) is 6.47. The lowest BCUT2D eigenvalue weighted by atomic mass is 9.99. The van der Waals surface area contributed by atoms with Crippen molar-refractivity contribution in [3.05, 3.63) is 29.3 Å². The van der Waals surface area contributed by atoms with Crippen LogP contribution in [0.15, 0.2) is 22.4 Å². The molecular formula is C19H25N3O3S2. The summed E-state index contributed by atoms with van der Waals surface area (Å²) in [7, 11) is -3.56. The molecule has 27 heavy (non-hydrogen) atoms. The lowest BCUT2D eigenvalue weighted by Crippen LogP contribution is -2.38. The van der Waals surface area contributed by atoms with Gasteiger partial charge in [0, 0.05) is 24.4 Å². The summed E-state index contributed by atoms with van der Waals surface area (Å²) in [4.78, 5) is 2.30. The van der Waals surface area contributed by atoms with Crippen LogP contribution in [0.2, 0.25) is 0 Å². The van der Waals surface area contributed by atoms with Crippen LogP contribution >= 0.6 is 11.3 Å². The topological polar surface area (TPSA) is 93.4 Å². The normalized spacial score (nSPS) is 18.6. The fourth-order valence-electron chi connectivity index (χ4n) is 3.60. The largest absolute Gasteiger partial charge is 0.396 e. The number of hydrogen-bond acceptors (Lipinski definition) is 6. The predicted molar refractivity (Wildman–Crippen MR) is 107 cm³/mol. The number of nitrogens with one attached hydrogen (secondary N) is 1. The molecule has 1 aliphatic heterocycles. The molecule has 1 atom stereocenters. The number of nitrogens with zero attached hydrogens (tertiary/aromatic N) is 2. The number of aryl methyl sites for hydroxylation is 1. The smallest absolute Gasteiger partial charge is 0.250 e. The second-order valence-corrected chi connectivity index (χ2v) is 10.1. The molecule has 146 valence electrons. The molecular weight excluding hydrogens is 382 g/mol. The third kappa shape index (κ3) is 4.68. The molecule has 2 heterocycles. The van der Waals surface area contributed by atoms with Crippen LogP contribution in [0, 0.1) is 24.2 Å². The van der Waals surface area contributed by atoms with Gasteiger partial charge in [0.1, 0.15) is 4.21 Å². The van der Waals surface area contributed by atoms with Crippen LogP contribution in [0.4, 0.5) is 0 Å². The van der Waals surface area contributed by atoms with E-state index in [4.69, 9.17) is 5.26 Å². The number of sulfonamides is 1. The molecule has 1 aliphatic rings. The van der Waals surface area contributed by atoms with Gasteiger partial charge in [-0.25, -0.2) is 13.1 Å². The quantitative estimate of drug-likeness (QED) is 0.688. The van der Waals surface area contributed by atoms with Crippen molar-refractivity contribution in [2.24, 2.45) is 5.92 Å². The molecule has 1 aromatic carbocycles. The molecule has 1 aromatic heterocycles. The lowest BCUT2D eigenvalue weighted by Gasteiger charge is -2.31. The van der Waals surface area contributed by atoms with Gasteiger partial charge in [0.15, 0.2) is 0 Å². The zero-order valence-electron chi connectivity index (χ0n) is 15.4. The summed E-state index contributed by atoms with van der Waals surface area (Å²) in [6.45, 7) is 5.13. The number of aliphatic hydroxyl groups excluding tert-OH is 1. The highest BCUT2D eigenvalue weighted by Gasteiger charge is 2.22. The van der Waals surface area contributed by atoms with Crippen molar-refractivity contribution in [3.63, 3.8) is 0 Å². The summed E-state index contributed by atoms with van der Waals surface area (Å²) in [6, 6.07) is 7.35. The summed E-state index contributed by atoms with van der Waals surface area (Å²) in [5.41, 5.74) is 1.23. The molecule has 0 saturated carbocycles. The minimum atomic E-state index is -3.56. The molecule has 1 unspecified atom stereocenters. The Labute approximate surface area is 164 Å². The first-order chi connectivity index (χ1) is 12.9. The minimum Gasteiger partial charge on any atom is -0.396 e. The first-order valence-corrected chi connectivity index (χ1v) is 11.5. The van der Waals surface area contributed by atoms with Crippen molar-refractivity contribution in [1.82, 2.24) is 9.62 Å². The Morgan fingerprint density at radius 3 is 3.00 bits per heavy atom. The number of likely N-dealkylation sites (tertiary alicyclic amines) is 1. The standard InChI is InChI=1S/C19H25N3O3S2/c1-14-17-10-15(11-20)5-6-18(17)26-19(14)27(24,25)21-7-3-9-22-8-2-4-16(12-22)13-23/h5-6,10,16,21,23H,2-4,7-9,12-13H2,1H3. The molecule has 1 saturated heterocycles. The van der Waals surface area contributed by atoms with Gasteiger partial charge < -0.3 is 10.0 Å². The number of fused-ring (bicyclic) bond motifs is 1. The maximum atomic E-state index is 12.7. The number of nitriles is 1. The Hall–Kier alpha value is -1.50. The van der Waals surface area contributed by atoms with Gasteiger partial charge in [0.2, 0.25) is 10.0 Å². The number of rotatable bonds is 7. The number of aliphatic hydroxyl groups is 1. The van der Waals surface area contributed by atoms with Crippen molar-refractivity contribution < 1.29 is 13.5 Å². The van der Waals surface area contributed by atoms with Crippen LogP contribution in [-0.4, -0.2) is 51.2 Å². The van der Waals surface area contributed by atoms with Gasteiger partial charge >= 0.3 is 0 Å². The van der Waals surface area contributed by atoms with Gasteiger partial charge in [0.25, 0.3) is 0 Å². The third-order valence-electron chi connectivity index (χ3n) is 5.07. The Kier molecular flexibility index (Phi) is 6.50. The predicted octanol–water partition coefficient (Wildman–Crippen LogP) is 2.45. The van der Waals surface area contributed by atoms with Crippen LogP contribution in [0.3, 0.4) is 0 Å². The van der Waals surface area contributed by atoms with E-state index in [1.165, 1.54) is 11.3 Å². The van der Waals surface area contributed by atoms with Gasteiger partial charge in [-0.2, -0.15) is 5.26 Å². The van der Waals surface area contributed by atoms with Crippen LogP contribution in [0.5, 0.6) is 0 Å². The monoisotopic (exact) mass is 407 g/mol. The first kappa shape index (κ1) is 20.2. The van der Waals surface area contributed by atoms with Crippen LogP contribution in [0.1, 0.15) is 30.4 Å². The molecule has 6 nitrogen and oxygen atoms in total. The highest BCUT2D eigenvalue weighted by molar-refractivity contribution is 7.91. The van der Waals surface area contributed by atoms with Crippen LogP contribution in [0.25, 0.3) is 10.1 Å². The van der Waals surface area contributed by atoms with E-state index < -0.39 is 10.0 Å². The average molecular weight is 408 g/mol. The number of benzene rings is 1. The SMILES string of the molecule is Cc1c(S(=O)(=O)NCCCN2CCCC(CO)C2)sc2ccc(C#N)cc12. The maximum absolute atomic E-state index is 12.7. The number of thiophene rings is 1. The summed E-state index contributed by atoms with van der Waals surface area (Å²) in [5.74, 6) is 0.343. The van der Waals surface area contributed by atoms with Crippen molar-refractivity contribution in [1.29, 1.82) is 5.26 Å². The Bertz CT molecular complexity index is 947.